The molecule has 52 valence electrons. The normalized spacial score (nSPS) is 21.9. The van der Waals surface area contributed by atoms with Crippen LogP contribution in [0.1, 0.15) is 12.8 Å². The van der Waals surface area contributed by atoms with E-state index in [9.17, 15) is 0 Å². The molecule has 0 N–H and O–H groups in total. The van der Waals surface area contributed by atoms with E-state index in [1.54, 1.807) is 4.90 Å². The minimum Gasteiger partial charge on any atom is -0.508 e. The van der Waals surface area contributed by atoms with Crippen LogP contribution in [-0.4, -0.2) is 18.2 Å². The second-order valence-electron chi connectivity index (χ2n) is 2.25. The van der Waals surface area contributed by atoms with E-state index in [2.05, 4.69) is 13.6 Å². The summed E-state index contributed by atoms with van der Waals surface area (Å²) in [6.07, 6.45) is 2.09. The summed E-state index contributed by atoms with van der Waals surface area (Å²) in [4.78, 5) is 1.80. The maximum atomic E-state index is 5.18. The zero-order valence-corrected chi connectivity index (χ0v) is 5.60. The molecule has 2 nitrogen and oxygen atoms in total. The molecular formula is C7H12NO-. The lowest BCUT2D eigenvalue weighted by Gasteiger charge is -2.26. The Hall–Kier alpha value is -0.500. The van der Waals surface area contributed by atoms with Crippen molar-refractivity contribution in [2.75, 3.05) is 13.3 Å². The van der Waals surface area contributed by atoms with Crippen molar-refractivity contribution < 1.29 is 4.74 Å². The Balaban J connectivity index is 2.41. The third-order valence-electron chi connectivity index (χ3n) is 1.45. The van der Waals surface area contributed by atoms with Gasteiger partial charge in [-0.1, -0.05) is 6.58 Å². The zero-order chi connectivity index (χ0) is 6.69. The molecule has 1 aliphatic rings. The first-order valence-corrected chi connectivity index (χ1v) is 3.14. The summed E-state index contributed by atoms with van der Waals surface area (Å²) >= 11 is 0. The Morgan fingerprint density at radius 1 is 1.67 bits per heavy atom. The van der Waals surface area contributed by atoms with Crippen LogP contribution in [0, 0.1) is 7.05 Å². The van der Waals surface area contributed by atoms with Gasteiger partial charge in [-0.15, -0.1) is 0 Å². The molecule has 0 bridgehead atoms. The maximum Gasteiger partial charge on any atom is 0.0909 e. The van der Waals surface area contributed by atoms with Gasteiger partial charge in [-0.05, 0) is 18.5 Å². The summed E-state index contributed by atoms with van der Waals surface area (Å²) in [6, 6.07) is 0. The molecule has 1 rings (SSSR count). The fourth-order valence-corrected chi connectivity index (χ4v) is 0.802. The minimum atomic E-state index is 0.596. The van der Waals surface area contributed by atoms with Crippen LogP contribution < -0.4 is 0 Å². The van der Waals surface area contributed by atoms with Gasteiger partial charge in [0.05, 0.1) is 6.73 Å². The van der Waals surface area contributed by atoms with Gasteiger partial charge in [-0.2, -0.15) is 0 Å². The lowest BCUT2D eigenvalue weighted by atomic mass is 10.2. The van der Waals surface area contributed by atoms with E-state index >= 15 is 0 Å². The third kappa shape index (κ3) is 1.72. The van der Waals surface area contributed by atoms with Crippen molar-refractivity contribution in [3.05, 3.63) is 19.3 Å². The van der Waals surface area contributed by atoms with Gasteiger partial charge in [-0.3, -0.25) is 7.05 Å². The van der Waals surface area contributed by atoms with Crippen molar-refractivity contribution in [2.45, 2.75) is 12.8 Å². The van der Waals surface area contributed by atoms with Gasteiger partial charge >= 0.3 is 0 Å². The summed E-state index contributed by atoms with van der Waals surface area (Å²) in [5.41, 5.74) is 1.08. The number of hydrogen-bond donors (Lipinski definition) is 0. The quantitative estimate of drug-likeness (QED) is 0.454. The van der Waals surface area contributed by atoms with Crippen molar-refractivity contribution in [3.63, 3.8) is 0 Å². The molecule has 0 spiro atoms. The first-order chi connectivity index (χ1) is 4.30. The van der Waals surface area contributed by atoms with Crippen molar-refractivity contribution in [1.82, 2.24) is 4.90 Å². The fraction of sp³-hybridized carbons (Fsp3) is 0.571. The van der Waals surface area contributed by atoms with E-state index < -0.39 is 0 Å². The lowest BCUT2D eigenvalue weighted by molar-refractivity contribution is 0.0833. The number of nitrogens with zero attached hydrogens (tertiary/aromatic N) is 1. The van der Waals surface area contributed by atoms with E-state index in [-0.39, 0.29) is 0 Å². The predicted molar refractivity (Wildman–Crippen MR) is 36.4 cm³/mol. The molecule has 0 aromatic carbocycles. The first-order valence-electron chi connectivity index (χ1n) is 3.14. The molecule has 0 saturated carbocycles. The average Bonchev–Trinajstić information content (AvgIpc) is 1.99. The molecule has 1 aliphatic heterocycles. The molecule has 0 aromatic heterocycles. The maximum absolute atomic E-state index is 5.18. The molecule has 0 atom stereocenters. The molecule has 9 heavy (non-hydrogen) atoms. The summed E-state index contributed by atoms with van der Waals surface area (Å²) < 4.78 is 5.18. The van der Waals surface area contributed by atoms with Gasteiger partial charge in [0.2, 0.25) is 0 Å². The summed E-state index contributed by atoms with van der Waals surface area (Å²) in [6.45, 7) is 5.27. The number of ether oxygens (including phenoxy) is 1. The molecule has 0 unspecified atom stereocenters. The Morgan fingerprint density at radius 3 is 3.22 bits per heavy atom. The number of allylic oxidation sites excluding steroid dienone is 1. The number of hydrogen-bond acceptors (Lipinski definition) is 2. The Kier molecular flexibility index (Phi) is 2.11. The Morgan fingerprint density at radius 2 is 2.44 bits per heavy atom. The second-order valence-corrected chi connectivity index (χ2v) is 2.25. The van der Waals surface area contributed by atoms with Crippen LogP contribution in [0.4, 0.5) is 0 Å². The van der Waals surface area contributed by atoms with Crippen LogP contribution in [0.3, 0.4) is 0 Å². The van der Waals surface area contributed by atoms with Gasteiger partial charge in [-0.25, -0.2) is 0 Å². The summed E-state index contributed by atoms with van der Waals surface area (Å²) in [7, 11) is 3.75. The SMILES string of the molecule is C=C1CCCOCN1[CH2-]. The van der Waals surface area contributed by atoms with E-state index in [4.69, 9.17) is 4.74 Å². The van der Waals surface area contributed by atoms with Crippen LogP contribution in [0.25, 0.3) is 0 Å². The highest BCUT2D eigenvalue weighted by atomic mass is 16.5. The van der Waals surface area contributed by atoms with E-state index in [0.29, 0.717) is 6.73 Å². The second kappa shape index (κ2) is 2.87. The first kappa shape index (κ1) is 6.62. The third-order valence-corrected chi connectivity index (χ3v) is 1.45. The Bertz CT molecular complexity index is 111. The van der Waals surface area contributed by atoms with E-state index in [0.717, 1.165) is 25.1 Å². The highest BCUT2D eigenvalue weighted by molar-refractivity contribution is 4.93. The largest absolute Gasteiger partial charge is 0.508 e. The number of rotatable bonds is 0. The minimum absolute atomic E-state index is 0.596. The lowest BCUT2D eigenvalue weighted by Crippen LogP contribution is -2.14. The highest BCUT2D eigenvalue weighted by Gasteiger charge is 2.00. The van der Waals surface area contributed by atoms with Gasteiger partial charge in [0, 0.05) is 6.61 Å². The van der Waals surface area contributed by atoms with Crippen LogP contribution in [-0.2, 0) is 4.74 Å². The topological polar surface area (TPSA) is 12.5 Å². The van der Waals surface area contributed by atoms with Crippen molar-refractivity contribution in [2.24, 2.45) is 0 Å². The van der Waals surface area contributed by atoms with Crippen molar-refractivity contribution in [1.29, 1.82) is 0 Å². The van der Waals surface area contributed by atoms with Gasteiger partial charge in [0.1, 0.15) is 0 Å². The van der Waals surface area contributed by atoms with Gasteiger partial charge < -0.3 is 9.64 Å². The smallest absolute Gasteiger partial charge is 0.0909 e. The zero-order valence-electron chi connectivity index (χ0n) is 5.60. The van der Waals surface area contributed by atoms with Crippen LogP contribution >= 0.6 is 0 Å². The monoisotopic (exact) mass is 126 g/mol. The molecule has 0 aliphatic carbocycles. The fourth-order valence-electron chi connectivity index (χ4n) is 0.802. The molecule has 1 heterocycles. The van der Waals surface area contributed by atoms with Crippen molar-refractivity contribution in [3.8, 4) is 0 Å². The van der Waals surface area contributed by atoms with E-state index in [1.807, 2.05) is 0 Å². The van der Waals surface area contributed by atoms with Gasteiger partial charge in [0.15, 0.2) is 0 Å². The van der Waals surface area contributed by atoms with Crippen molar-refractivity contribution >= 4 is 0 Å². The Labute approximate surface area is 56.1 Å². The summed E-state index contributed by atoms with van der Waals surface area (Å²) in [5, 5.41) is 0. The summed E-state index contributed by atoms with van der Waals surface area (Å²) in [5.74, 6) is 0. The van der Waals surface area contributed by atoms with E-state index in [1.165, 1.54) is 0 Å². The standard InChI is InChI=1S/C7H12NO/c1-7-4-3-5-9-6-8(7)2/h1-6H2/q-1. The van der Waals surface area contributed by atoms with Crippen LogP contribution in [0.2, 0.25) is 0 Å². The molecule has 0 radical (unpaired) electrons. The molecule has 1 fully saturated rings. The van der Waals surface area contributed by atoms with Gasteiger partial charge in [0.25, 0.3) is 0 Å². The van der Waals surface area contributed by atoms with Crippen LogP contribution in [0.15, 0.2) is 12.3 Å². The average molecular weight is 126 g/mol. The molecular weight excluding hydrogens is 114 g/mol. The molecule has 1 saturated heterocycles. The molecule has 0 aromatic rings. The molecule has 2 heteroatoms. The molecule has 0 amide bonds. The predicted octanol–water partition coefficient (Wildman–Crippen LogP) is 1.36. The van der Waals surface area contributed by atoms with Crippen LogP contribution in [0.5, 0.6) is 0 Å². The highest BCUT2D eigenvalue weighted by Crippen LogP contribution is 2.11.